The first kappa shape index (κ1) is 15.9. The molecular formula is C13H22N2O3S. The Morgan fingerprint density at radius 1 is 1.32 bits per heavy atom. The molecule has 0 amide bonds. The van der Waals surface area contributed by atoms with Crippen molar-refractivity contribution in [3.05, 3.63) is 18.3 Å². The van der Waals surface area contributed by atoms with E-state index in [0.29, 0.717) is 6.54 Å². The van der Waals surface area contributed by atoms with Crippen LogP contribution in [0.3, 0.4) is 0 Å². The van der Waals surface area contributed by atoms with Crippen LogP contribution in [-0.4, -0.2) is 37.9 Å². The minimum atomic E-state index is -3.26. The van der Waals surface area contributed by atoms with Gasteiger partial charge in [0.15, 0.2) is 14.9 Å². The summed E-state index contributed by atoms with van der Waals surface area (Å²) in [6.45, 7) is 4.86. The largest absolute Gasteiger partial charge is 0.396 e. The van der Waals surface area contributed by atoms with Gasteiger partial charge in [-0.1, -0.05) is 13.8 Å². The molecule has 1 aromatic rings. The first-order valence-corrected chi connectivity index (χ1v) is 8.27. The Labute approximate surface area is 115 Å². The van der Waals surface area contributed by atoms with E-state index in [1.54, 1.807) is 6.07 Å². The van der Waals surface area contributed by atoms with Crippen molar-refractivity contribution in [2.24, 2.45) is 5.41 Å². The maximum atomic E-state index is 11.3. The molecule has 0 aliphatic heterocycles. The third kappa shape index (κ3) is 4.18. The molecule has 0 unspecified atom stereocenters. The molecule has 19 heavy (non-hydrogen) atoms. The topological polar surface area (TPSA) is 79.3 Å². The predicted octanol–water partition coefficient (Wildman–Crippen LogP) is 1.70. The van der Waals surface area contributed by atoms with Crippen molar-refractivity contribution in [3.63, 3.8) is 0 Å². The molecule has 0 radical (unpaired) electrons. The molecule has 1 aromatic heterocycles. The second-order valence-electron chi connectivity index (χ2n) is 4.88. The number of nitrogens with zero attached hydrogens (tertiary/aromatic N) is 1. The van der Waals surface area contributed by atoms with Crippen molar-refractivity contribution in [3.8, 4) is 0 Å². The molecule has 0 aromatic carbocycles. The van der Waals surface area contributed by atoms with Gasteiger partial charge in [0.1, 0.15) is 0 Å². The summed E-state index contributed by atoms with van der Waals surface area (Å²) in [4.78, 5) is 3.92. The van der Waals surface area contributed by atoms with E-state index in [4.69, 9.17) is 0 Å². The average Bonchev–Trinajstić information content (AvgIpc) is 2.40. The summed E-state index contributed by atoms with van der Waals surface area (Å²) in [5.74, 6) is 0. The van der Waals surface area contributed by atoms with Crippen LogP contribution in [0.5, 0.6) is 0 Å². The van der Waals surface area contributed by atoms with Crippen LogP contribution >= 0.6 is 0 Å². The van der Waals surface area contributed by atoms with Crippen LogP contribution in [0.25, 0.3) is 0 Å². The van der Waals surface area contributed by atoms with E-state index in [1.165, 1.54) is 12.3 Å². The lowest BCUT2D eigenvalue weighted by Gasteiger charge is -2.29. The number of anilines is 1. The van der Waals surface area contributed by atoms with Crippen LogP contribution in [-0.2, 0) is 9.84 Å². The van der Waals surface area contributed by atoms with E-state index in [2.05, 4.69) is 10.3 Å². The second kappa shape index (κ2) is 6.34. The van der Waals surface area contributed by atoms with Gasteiger partial charge in [-0.15, -0.1) is 0 Å². The van der Waals surface area contributed by atoms with Crippen LogP contribution in [0.2, 0.25) is 0 Å². The van der Waals surface area contributed by atoms with Gasteiger partial charge in [0.05, 0.1) is 18.5 Å². The first-order chi connectivity index (χ1) is 8.87. The molecule has 0 bridgehead atoms. The number of sulfone groups is 1. The predicted molar refractivity (Wildman–Crippen MR) is 75.9 cm³/mol. The molecule has 108 valence electrons. The number of nitrogens with one attached hydrogen (secondary N) is 1. The van der Waals surface area contributed by atoms with E-state index in [0.717, 1.165) is 24.8 Å². The minimum Gasteiger partial charge on any atom is -0.396 e. The summed E-state index contributed by atoms with van der Waals surface area (Å²) in [5, 5.41) is 12.7. The quantitative estimate of drug-likeness (QED) is 0.797. The number of hydrogen-bond acceptors (Lipinski definition) is 5. The van der Waals surface area contributed by atoms with Gasteiger partial charge in [0, 0.05) is 18.2 Å². The number of aliphatic hydroxyl groups is 1. The molecule has 0 aliphatic carbocycles. The highest BCUT2D eigenvalue weighted by molar-refractivity contribution is 7.90. The molecular weight excluding hydrogens is 264 g/mol. The second-order valence-corrected chi connectivity index (χ2v) is 6.84. The third-order valence-corrected chi connectivity index (χ3v) is 4.62. The monoisotopic (exact) mass is 286 g/mol. The molecule has 2 N–H and O–H groups in total. The average molecular weight is 286 g/mol. The zero-order valence-corrected chi connectivity index (χ0v) is 12.5. The van der Waals surface area contributed by atoms with Gasteiger partial charge in [-0.2, -0.15) is 0 Å². The van der Waals surface area contributed by atoms with Gasteiger partial charge in [-0.05, 0) is 25.0 Å². The highest BCUT2D eigenvalue weighted by atomic mass is 32.2. The lowest BCUT2D eigenvalue weighted by atomic mass is 9.83. The summed E-state index contributed by atoms with van der Waals surface area (Å²) >= 11 is 0. The van der Waals surface area contributed by atoms with Gasteiger partial charge in [0.2, 0.25) is 0 Å². The Hall–Kier alpha value is -1.14. The minimum absolute atomic E-state index is 0.0671. The summed E-state index contributed by atoms with van der Waals surface area (Å²) in [7, 11) is -3.26. The summed E-state index contributed by atoms with van der Waals surface area (Å²) in [5.41, 5.74) is 0.613. The van der Waals surface area contributed by atoms with Crippen molar-refractivity contribution < 1.29 is 13.5 Å². The van der Waals surface area contributed by atoms with E-state index < -0.39 is 9.84 Å². The third-order valence-electron chi connectivity index (χ3n) is 3.62. The van der Waals surface area contributed by atoms with Crippen LogP contribution in [0.4, 0.5) is 5.69 Å². The fraction of sp³-hybridized carbons (Fsp3) is 0.615. The normalized spacial score (nSPS) is 12.4. The molecule has 1 rings (SSSR count). The molecule has 0 atom stereocenters. The lowest BCUT2D eigenvalue weighted by Crippen LogP contribution is -2.32. The Bertz CT molecular complexity index is 485. The number of rotatable bonds is 7. The van der Waals surface area contributed by atoms with Gasteiger partial charge >= 0.3 is 0 Å². The Morgan fingerprint density at radius 2 is 1.95 bits per heavy atom. The SMILES string of the molecule is CCC(CC)(CO)CNc1ccc(S(C)(=O)=O)nc1. The Balaban J connectivity index is 2.74. The van der Waals surface area contributed by atoms with E-state index in [-0.39, 0.29) is 17.0 Å². The van der Waals surface area contributed by atoms with Gasteiger partial charge in [-0.3, -0.25) is 0 Å². The maximum absolute atomic E-state index is 11.3. The van der Waals surface area contributed by atoms with E-state index in [1.807, 2.05) is 13.8 Å². The number of hydrogen-bond donors (Lipinski definition) is 2. The van der Waals surface area contributed by atoms with Crippen molar-refractivity contribution in [2.75, 3.05) is 24.7 Å². The van der Waals surface area contributed by atoms with Gasteiger partial charge in [-0.25, -0.2) is 13.4 Å². The summed E-state index contributed by atoms with van der Waals surface area (Å²) in [6.07, 6.45) is 4.39. The molecule has 0 fully saturated rings. The Morgan fingerprint density at radius 3 is 2.32 bits per heavy atom. The van der Waals surface area contributed by atoms with Crippen molar-refractivity contribution in [1.29, 1.82) is 0 Å². The number of aliphatic hydroxyl groups excluding tert-OH is 1. The first-order valence-electron chi connectivity index (χ1n) is 6.38. The number of aromatic nitrogens is 1. The van der Waals surface area contributed by atoms with Crippen molar-refractivity contribution >= 4 is 15.5 Å². The van der Waals surface area contributed by atoms with Crippen LogP contribution in [0, 0.1) is 5.41 Å². The zero-order valence-electron chi connectivity index (χ0n) is 11.7. The summed E-state index contributed by atoms with van der Waals surface area (Å²) < 4.78 is 22.6. The Kier molecular flexibility index (Phi) is 5.31. The maximum Gasteiger partial charge on any atom is 0.192 e. The van der Waals surface area contributed by atoms with Gasteiger partial charge < -0.3 is 10.4 Å². The smallest absolute Gasteiger partial charge is 0.192 e. The van der Waals surface area contributed by atoms with E-state index >= 15 is 0 Å². The molecule has 5 nitrogen and oxygen atoms in total. The molecule has 0 saturated carbocycles. The highest BCUT2D eigenvalue weighted by Gasteiger charge is 2.24. The van der Waals surface area contributed by atoms with E-state index in [9.17, 15) is 13.5 Å². The van der Waals surface area contributed by atoms with Crippen molar-refractivity contribution in [1.82, 2.24) is 4.98 Å². The van der Waals surface area contributed by atoms with Crippen molar-refractivity contribution in [2.45, 2.75) is 31.7 Å². The highest BCUT2D eigenvalue weighted by Crippen LogP contribution is 2.26. The van der Waals surface area contributed by atoms with Crippen LogP contribution in [0.15, 0.2) is 23.4 Å². The molecule has 6 heteroatoms. The van der Waals surface area contributed by atoms with Crippen LogP contribution in [0.1, 0.15) is 26.7 Å². The fourth-order valence-corrected chi connectivity index (χ4v) is 2.33. The molecule has 0 saturated heterocycles. The zero-order chi connectivity index (χ0) is 14.5. The molecule has 1 heterocycles. The summed E-state index contributed by atoms with van der Waals surface area (Å²) in [6, 6.07) is 3.17. The lowest BCUT2D eigenvalue weighted by molar-refractivity contribution is 0.127. The molecule has 0 aliphatic rings. The standard InChI is InChI=1S/C13H22N2O3S/c1-4-13(5-2,10-16)9-15-11-6-7-12(14-8-11)19(3,17)18/h6-8,15-16H,4-5,9-10H2,1-3H3. The van der Waals surface area contributed by atoms with Gasteiger partial charge in [0.25, 0.3) is 0 Å². The fourth-order valence-electron chi connectivity index (χ4n) is 1.77. The molecule has 0 spiro atoms. The van der Waals surface area contributed by atoms with Crippen LogP contribution < -0.4 is 5.32 Å². The number of pyridine rings is 1.